The first kappa shape index (κ1) is 16.0. The summed E-state index contributed by atoms with van der Waals surface area (Å²) in [6.45, 7) is 0. The van der Waals surface area contributed by atoms with E-state index in [0.717, 1.165) is 24.0 Å². The molecule has 0 amide bonds. The predicted molar refractivity (Wildman–Crippen MR) is 80.1 cm³/mol. The minimum absolute atomic E-state index is 0.372. The number of hydrogen-bond donors (Lipinski definition) is 0. The van der Waals surface area contributed by atoms with Crippen LogP contribution in [-0.2, 0) is 16.2 Å². The van der Waals surface area contributed by atoms with Crippen LogP contribution in [0.15, 0.2) is 54.6 Å². The highest BCUT2D eigenvalue weighted by atomic mass is 32.2. The van der Waals surface area contributed by atoms with E-state index in [4.69, 9.17) is 0 Å². The molecule has 3 atom stereocenters. The maximum absolute atomic E-state index is 12.6. The predicted octanol–water partition coefficient (Wildman–Crippen LogP) is 3.76. The lowest BCUT2D eigenvalue weighted by Gasteiger charge is -2.07. The zero-order valence-electron chi connectivity index (χ0n) is 12.2. The Kier molecular flexibility index (Phi) is 3.72. The van der Waals surface area contributed by atoms with E-state index in [9.17, 15) is 21.6 Å². The maximum Gasteiger partial charge on any atom is 0.416 e. The van der Waals surface area contributed by atoms with Gasteiger partial charge in [0.25, 0.3) is 0 Å². The molecule has 0 N–H and O–H groups in total. The molecule has 0 aromatic heterocycles. The number of alkyl halides is 3. The summed E-state index contributed by atoms with van der Waals surface area (Å²) in [6, 6.07) is 12.9. The van der Waals surface area contributed by atoms with Gasteiger partial charge in [0.1, 0.15) is 0 Å². The highest BCUT2D eigenvalue weighted by molar-refractivity contribution is 7.88. The largest absolute Gasteiger partial charge is 0.416 e. The van der Waals surface area contributed by atoms with E-state index in [1.54, 1.807) is 12.1 Å². The minimum Gasteiger partial charge on any atom is -0.212 e. The van der Waals surface area contributed by atoms with Crippen molar-refractivity contribution in [3.8, 4) is 0 Å². The number of rotatable bonds is 3. The van der Waals surface area contributed by atoms with Gasteiger partial charge in [0.2, 0.25) is 10.0 Å². The molecule has 23 heavy (non-hydrogen) atoms. The van der Waals surface area contributed by atoms with Crippen molar-refractivity contribution < 1.29 is 21.6 Å². The third-order valence-corrected chi connectivity index (χ3v) is 5.08. The highest BCUT2D eigenvalue weighted by Gasteiger charge is 2.55. The van der Waals surface area contributed by atoms with Crippen molar-refractivity contribution in [2.24, 2.45) is 0 Å². The summed E-state index contributed by atoms with van der Waals surface area (Å²) in [6.07, 6.45) is -3.30. The second-order valence-electron chi connectivity index (χ2n) is 5.51. The Hall–Kier alpha value is -1.86. The van der Waals surface area contributed by atoms with Gasteiger partial charge in [0.15, 0.2) is 0 Å². The third kappa shape index (κ3) is 3.11. The summed E-state index contributed by atoms with van der Waals surface area (Å²) in [5, 5.41) is 0. The standard InChI is InChI=1S/C16H14F3NO2S/c1-23(21,22)20-14(11-5-3-2-4-6-11)15(20)12-7-9-13(10-8-12)16(17,18)19/h2-10,14-15H,1H3/t14-,15-,20?/m1/s1. The topological polar surface area (TPSA) is 37.1 Å². The van der Waals surface area contributed by atoms with Crippen LogP contribution in [0.3, 0.4) is 0 Å². The molecule has 1 fully saturated rings. The molecule has 2 aromatic rings. The molecule has 0 radical (unpaired) electrons. The number of hydrogen-bond acceptors (Lipinski definition) is 2. The van der Waals surface area contributed by atoms with Gasteiger partial charge in [0, 0.05) is 0 Å². The van der Waals surface area contributed by atoms with E-state index in [2.05, 4.69) is 0 Å². The molecule has 0 bridgehead atoms. The van der Waals surface area contributed by atoms with Crippen molar-refractivity contribution in [1.82, 2.24) is 4.31 Å². The molecule has 122 valence electrons. The summed E-state index contributed by atoms with van der Waals surface area (Å²) < 4.78 is 63.1. The fourth-order valence-electron chi connectivity index (χ4n) is 2.80. The van der Waals surface area contributed by atoms with Crippen LogP contribution < -0.4 is 0 Å². The number of nitrogens with zero attached hydrogens (tertiary/aromatic N) is 1. The van der Waals surface area contributed by atoms with Crippen LogP contribution in [0.5, 0.6) is 0 Å². The van der Waals surface area contributed by atoms with Crippen molar-refractivity contribution in [3.05, 3.63) is 71.3 Å². The summed E-state index contributed by atoms with van der Waals surface area (Å²) in [5.74, 6) is 0. The molecule has 0 saturated carbocycles. The van der Waals surface area contributed by atoms with Crippen molar-refractivity contribution >= 4 is 10.0 Å². The summed E-state index contributed by atoms with van der Waals surface area (Å²) >= 11 is 0. The van der Waals surface area contributed by atoms with E-state index in [0.29, 0.717) is 5.56 Å². The van der Waals surface area contributed by atoms with Gasteiger partial charge in [-0.05, 0) is 23.3 Å². The summed E-state index contributed by atoms with van der Waals surface area (Å²) in [4.78, 5) is 0. The smallest absolute Gasteiger partial charge is 0.212 e. The lowest BCUT2D eigenvalue weighted by atomic mass is 10.0. The van der Waals surface area contributed by atoms with E-state index < -0.39 is 27.8 Å². The summed E-state index contributed by atoms with van der Waals surface area (Å²) in [5.41, 5.74) is 0.629. The van der Waals surface area contributed by atoms with Crippen LogP contribution in [0, 0.1) is 0 Å². The van der Waals surface area contributed by atoms with Gasteiger partial charge in [-0.25, -0.2) is 8.42 Å². The molecule has 2 aromatic carbocycles. The first-order valence-electron chi connectivity index (χ1n) is 6.90. The van der Waals surface area contributed by atoms with Crippen LogP contribution in [0.4, 0.5) is 13.2 Å². The van der Waals surface area contributed by atoms with E-state index in [1.165, 1.54) is 16.4 Å². The van der Waals surface area contributed by atoms with Crippen LogP contribution in [-0.4, -0.2) is 19.0 Å². The Bertz CT molecular complexity index is 801. The van der Waals surface area contributed by atoms with Gasteiger partial charge < -0.3 is 0 Å². The van der Waals surface area contributed by atoms with Gasteiger partial charge >= 0.3 is 6.18 Å². The molecule has 1 saturated heterocycles. The lowest BCUT2D eigenvalue weighted by molar-refractivity contribution is -0.137. The van der Waals surface area contributed by atoms with E-state index in [-0.39, 0.29) is 6.04 Å². The lowest BCUT2D eigenvalue weighted by Crippen LogP contribution is -2.10. The highest BCUT2D eigenvalue weighted by Crippen LogP contribution is 2.56. The Labute approximate surface area is 132 Å². The van der Waals surface area contributed by atoms with Gasteiger partial charge in [-0.15, -0.1) is 0 Å². The molecule has 1 unspecified atom stereocenters. The zero-order chi connectivity index (χ0) is 16.8. The molecular weight excluding hydrogens is 327 g/mol. The van der Waals surface area contributed by atoms with Crippen LogP contribution in [0.1, 0.15) is 28.8 Å². The molecule has 0 aliphatic carbocycles. The van der Waals surface area contributed by atoms with Gasteiger partial charge in [-0.2, -0.15) is 17.5 Å². The fraction of sp³-hybridized carbons (Fsp3) is 0.250. The number of halogens is 3. The average Bonchev–Trinajstić information content (AvgIpc) is 3.23. The first-order valence-corrected chi connectivity index (χ1v) is 8.75. The molecule has 1 aliphatic heterocycles. The van der Waals surface area contributed by atoms with E-state index >= 15 is 0 Å². The van der Waals surface area contributed by atoms with Crippen molar-refractivity contribution in [2.45, 2.75) is 18.3 Å². The normalized spacial score (nSPS) is 24.4. The van der Waals surface area contributed by atoms with Crippen molar-refractivity contribution in [2.75, 3.05) is 6.26 Å². The Morgan fingerprint density at radius 3 is 1.78 bits per heavy atom. The maximum atomic E-state index is 12.6. The monoisotopic (exact) mass is 341 g/mol. The van der Waals surface area contributed by atoms with Crippen molar-refractivity contribution in [3.63, 3.8) is 0 Å². The summed E-state index contributed by atoms with van der Waals surface area (Å²) in [7, 11) is -3.45. The fourth-order valence-corrected chi connectivity index (χ4v) is 4.05. The Morgan fingerprint density at radius 2 is 1.35 bits per heavy atom. The zero-order valence-corrected chi connectivity index (χ0v) is 13.0. The van der Waals surface area contributed by atoms with Crippen LogP contribution in [0.2, 0.25) is 0 Å². The number of sulfonamides is 1. The quantitative estimate of drug-likeness (QED) is 0.797. The molecule has 7 heteroatoms. The molecule has 3 rings (SSSR count). The molecule has 0 spiro atoms. The van der Waals surface area contributed by atoms with Gasteiger partial charge in [0.05, 0.1) is 23.9 Å². The second kappa shape index (κ2) is 5.35. The minimum atomic E-state index is -4.41. The third-order valence-electron chi connectivity index (χ3n) is 3.86. The van der Waals surface area contributed by atoms with Crippen LogP contribution >= 0.6 is 0 Å². The Morgan fingerprint density at radius 1 is 0.870 bits per heavy atom. The van der Waals surface area contributed by atoms with Crippen LogP contribution in [0.25, 0.3) is 0 Å². The average molecular weight is 341 g/mol. The molecule has 3 nitrogen and oxygen atoms in total. The van der Waals surface area contributed by atoms with Gasteiger partial charge in [-0.3, -0.25) is 0 Å². The second-order valence-corrected chi connectivity index (χ2v) is 7.40. The number of benzene rings is 2. The molecule has 1 heterocycles. The molecule has 1 aliphatic rings. The first-order chi connectivity index (χ1) is 10.7. The van der Waals surface area contributed by atoms with Crippen molar-refractivity contribution in [1.29, 1.82) is 0 Å². The van der Waals surface area contributed by atoms with E-state index in [1.807, 2.05) is 18.2 Å². The SMILES string of the molecule is CS(=O)(=O)N1[C@H](c2ccccc2)[C@H]1c1ccc(C(F)(F)F)cc1. The van der Waals surface area contributed by atoms with Gasteiger partial charge in [-0.1, -0.05) is 42.5 Å². The Balaban J connectivity index is 1.95. The molecular formula is C16H14F3NO2S.